The monoisotopic (exact) mass is 337 g/mol. The molecule has 0 radical (unpaired) electrons. The Labute approximate surface area is 124 Å². The first-order valence-corrected chi connectivity index (χ1v) is 6.60. The van der Waals surface area contributed by atoms with Crippen molar-refractivity contribution in [2.24, 2.45) is 0 Å². The molecule has 5 nitrogen and oxygen atoms in total. The molecule has 0 aliphatic carbocycles. The molecule has 6 heteroatoms. The first-order valence-electron chi connectivity index (χ1n) is 5.81. The van der Waals surface area contributed by atoms with E-state index in [0.29, 0.717) is 21.5 Å². The van der Waals surface area contributed by atoms with Crippen LogP contribution >= 0.6 is 15.9 Å². The standard InChI is InChI=1S/C14H12BrNO4/c1-19-12-7-2-3-8-13(12)20-9-10-5-4-6-11(14(10)15)16(17)18/h2-8H,9H2,1H3. The summed E-state index contributed by atoms with van der Waals surface area (Å²) in [6.45, 7) is 0.211. The minimum absolute atomic E-state index is 0.0196. The maximum atomic E-state index is 10.9. The smallest absolute Gasteiger partial charge is 0.283 e. The summed E-state index contributed by atoms with van der Waals surface area (Å²) in [5, 5.41) is 10.9. The van der Waals surface area contributed by atoms with E-state index in [0.717, 1.165) is 0 Å². The molecular weight excluding hydrogens is 326 g/mol. The minimum atomic E-state index is -0.434. The van der Waals surface area contributed by atoms with Gasteiger partial charge in [0.15, 0.2) is 11.5 Å². The maximum Gasteiger partial charge on any atom is 0.283 e. The Balaban J connectivity index is 2.19. The van der Waals surface area contributed by atoms with Gasteiger partial charge in [0.1, 0.15) is 11.1 Å². The number of benzene rings is 2. The van der Waals surface area contributed by atoms with Crippen molar-refractivity contribution in [2.75, 3.05) is 7.11 Å². The zero-order chi connectivity index (χ0) is 14.5. The van der Waals surface area contributed by atoms with Crippen molar-refractivity contribution in [3.05, 3.63) is 62.6 Å². The highest BCUT2D eigenvalue weighted by Crippen LogP contribution is 2.31. The number of halogens is 1. The Kier molecular flexibility index (Phi) is 4.57. The quantitative estimate of drug-likeness (QED) is 0.612. The van der Waals surface area contributed by atoms with Crippen molar-refractivity contribution < 1.29 is 14.4 Å². The van der Waals surface area contributed by atoms with Crippen molar-refractivity contribution in [1.29, 1.82) is 0 Å². The van der Waals surface area contributed by atoms with Crippen molar-refractivity contribution in [1.82, 2.24) is 0 Å². The van der Waals surface area contributed by atoms with E-state index in [1.807, 2.05) is 12.1 Å². The van der Waals surface area contributed by atoms with Gasteiger partial charge in [-0.05, 0) is 28.1 Å². The number of nitro benzene ring substituents is 1. The van der Waals surface area contributed by atoms with E-state index < -0.39 is 4.92 Å². The second kappa shape index (κ2) is 6.38. The second-order valence-corrected chi connectivity index (χ2v) is 4.74. The molecule has 0 aliphatic heterocycles. The van der Waals surface area contributed by atoms with E-state index in [-0.39, 0.29) is 12.3 Å². The van der Waals surface area contributed by atoms with Gasteiger partial charge in [0, 0.05) is 11.6 Å². The molecule has 2 rings (SSSR count). The Bertz CT molecular complexity index is 630. The van der Waals surface area contributed by atoms with Crippen LogP contribution in [0.25, 0.3) is 0 Å². The van der Waals surface area contributed by atoms with Crippen LogP contribution in [0.3, 0.4) is 0 Å². The highest BCUT2D eigenvalue weighted by atomic mass is 79.9. The highest BCUT2D eigenvalue weighted by Gasteiger charge is 2.15. The van der Waals surface area contributed by atoms with E-state index in [4.69, 9.17) is 9.47 Å². The van der Waals surface area contributed by atoms with Crippen LogP contribution in [0, 0.1) is 10.1 Å². The van der Waals surface area contributed by atoms with Gasteiger partial charge in [-0.25, -0.2) is 0 Å². The molecule has 0 aliphatic rings. The molecule has 0 fully saturated rings. The molecule has 104 valence electrons. The van der Waals surface area contributed by atoms with Crippen molar-refractivity contribution in [2.45, 2.75) is 6.61 Å². The van der Waals surface area contributed by atoms with E-state index in [1.54, 1.807) is 31.4 Å². The van der Waals surface area contributed by atoms with E-state index >= 15 is 0 Å². The number of nitro groups is 1. The van der Waals surface area contributed by atoms with Crippen LogP contribution in [0.4, 0.5) is 5.69 Å². The summed E-state index contributed by atoms with van der Waals surface area (Å²) in [7, 11) is 1.56. The second-order valence-electron chi connectivity index (χ2n) is 3.95. The molecule has 2 aromatic rings. The molecule has 0 amide bonds. The van der Waals surface area contributed by atoms with E-state index in [1.165, 1.54) is 6.07 Å². The number of hydrogen-bond acceptors (Lipinski definition) is 4. The van der Waals surface area contributed by atoms with Gasteiger partial charge in [-0.3, -0.25) is 10.1 Å². The molecule has 20 heavy (non-hydrogen) atoms. The predicted octanol–water partition coefficient (Wildman–Crippen LogP) is 3.94. The fourth-order valence-corrected chi connectivity index (χ4v) is 2.24. The van der Waals surface area contributed by atoms with Crippen molar-refractivity contribution in [3.8, 4) is 11.5 Å². The first-order chi connectivity index (χ1) is 9.63. The van der Waals surface area contributed by atoms with Gasteiger partial charge in [-0.2, -0.15) is 0 Å². The van der Waals surface area contributed by atoms with Crippen LogP contribution in [-0.2, 0) is 6.61 Å². The maximum absolute atomic E-state index is 10.9. The van der Waals surface area contributed by atoms with Gasteiger partial charge in [0.2, 0.25) is 0 Å². The molecular formula is C14H12BrNO4. The number of para-hydroxylation sites is 2. The fourth-order valence-electron chi connectivity index (χ4n) is 1.71. The fraction of sp³-hybridized carbons (Fsp3) is 0.143. The van der Waals surface area contributed by atoms with Crippen LogP contribution in [0.15, 0.2) is 46.9 Å². The lowest BCUT2D eigenvalue weighted by Crippen LogP contribution is -2.00. The molecule has 0 spiro atoms. The van der Waals surface area contributed by atoms with Gasteiger partial charge in [0.25, 0.3) is 5.69 Å². The predicted molar refractivity (Wildman–Crippen MR) is 78.1 cm³/mol. The van der Waals surface area contributed by atoms with Gasteiger partial charge in [0.05, 0.1) is 12.0 Å². The topological polar surface area (TPSA) is 61.6 Å². The zero-order valence-electron chi connectivity index (χ0n) is 10.7. The van der Waals surface area contributed by atoms with Gasteiger partial charge >= 0.3 is 0 Å². The molecule has 0 aromatic heterocycles. The number of nitrogens with zero attached hydrogens (tertiary/aromatic N) is 1. The number of methoxy groups -OCH3 is 1. The normalized spacial score (nSPS) is 10.1. The van der Waals surface area contributed by atoms with Crippen LogP contribution < -0.4 is 9.47 Å². The lowest BCUT2D eigenvalue weighted by molar-refractivity contribution is -0.385. The summed E-state index contributed by atoms with van der Waals surface area (Å²) in [4.78, 5) is 10.4. The van der Waals surface area contributed by atoms with Gasteiger partial charge in [-0.1, -0.05) is 24.3 Å². The minimum Gasteiger partial charge on any atom is -0.493 e. The lowest BCUT2D eigenvalue weighted by atomic mass is 10.2. The van der Waals surface area contributed by atoms with Gasteiger partial charge < -0.3 is 9.47 Å². The summed E-state index contributed by atoms with van der Waals surface area (Å²) >= 11 is 3.24. The Hall–Kier alpha value is -2.08. The lowest BCUT2D eigenvalue weighted by Gasteiger charge is -2.11. The molecule has 0 N–H and O–H groups in total. The zero-order valence-corrected chi connectivity index (χ0v) is 12.3. The van der Waals surface area contributed by atoms with Crippen LogP contribution in [0.1, 0.15) is 5.56 Å². The van der Waals surface area contributed by atoms with Crippen molar-refractivity contribution in [3.63, 3.8) is 0 Å². The summed E-state index contributed by atoms with van der Waals surface area (Å²) in [5.74, 6) is 1.21. The summed E-state index contributed by atoms with van der Waals surface area (Å²) < 4.78 is 11.3. The third-order valence-corrected chi connectivity index (χ3v) is 3.62. The summed E-state index contributed by atoms with van der Waals surface area (Å²) in [6, 6.07) is 12.1. The molecule has 0 atom stereocenters. The molecule has 0 saturated heterocycles. The largest absolute Gasteiger partial charge is 0.493 e. The van der Waals surface area contributed by atoms with Crippen LogP contribution in [-0.4, -0.2) is 12.0 Å². The van der Waals surface area contributed by atoms with Crippen molar-refractivity contribution >= 4 is 21.6 Å². The molecule has 0 heterocycles. The SMILES string of the molecule is COc1ccccc1OCc1cccc([N+](=O)[O-])c1Br. The molecule has 0 unspecified atom stereocenters. The number of rotatable bonds is 5. The average molecular weight is 338 g/mol. The number of hydrogen-bond donors (Lipinski definition) is 0. The summed E-state index contributed by atoms with van der Waals surface area (Å²) in [6.07, 6.45) is 0. The first kappa shape index (κ1) is 14.3. The summed E-state index contributed by atoms with van der Waals surface area (Å²) in [5.41, 5.74) is 0.719. The van der Waals surface area contributed by atoms with Crippen LogP contribution in [0.2, 0.25) is 0 Å². The highest BCUT2D eigenvalue weighted by molar-refractivity contribution is 9.10. The Morgan fingerprint density at radius 2 is 1.85 bits per heavy atom. The third kappa shape index (κ3) is 3.08. The third-order valence-electron chi connectivity index (χ3n) is 2.71. The van der Waals surface area contributed by atoms with E-state index in [2.05, 4.69) is 15.9 Å². The van der Waals surface area contributed by atoms with Crippen LogP contribution in [0.5, 0.6) is 11.5 Å². The number of ether oxygens (including phenoxy) is 2. The molecule has 2 aromatic carbocycles. The Morgan fingerprint density at radius 1 is 1.15 bits per heavy atom. The van der Waals surface area contributed by atoms with Gasteiger partial charge in [-0.15, -0.1) is 0 Å². The molecule has 0 saturated carbocycles. The van der Waals surface area contributed by atoms with E-state index in [9.17, 15) is 10.1 Å². The molecule has 0 bridgehead atoms. The average Bonchev–Trinajstić information content (AvgIpc) is 2.46. The Morgan fingerprint density at radius 3 is 2.50 bits per heavy atom.